The third kappa shape index (κ3) is 2.63. The van der Waals surface area contributed by atoms with E-state index in [2.05, 4.69) is 15.0 Å². The van der Waals surface area contributed by atoms with Crippen molar-refractivity contribution in [3.63, 3.8) is 0 Å². The maximum atomic E-state index is 11.2. The molecule has 0 aromatic carbocycles. The van der Waals surface area contributed by atoms with Crippen LogP contribution >= 0.6 is 0 Å². The normalized spacial score (nSPS) is 10.2. The molecule has 0 bridgehead atoms. The summed E-state index contributed by atoms with van der Waals surface area (Å²) in [4.78, 5) is 23.7. The number of primary amides is 1. The average molecular weight is 228 g/mol. The molecule has 0 saturated heterocycles. The number of hydrogen-bond donors (Lipinski definition) is 1. The van der Waals surface area contributed by atoms with Crippen molar-refractivity contribution in [1.29, 1.82) is 0 Å². The molecule has 2 aromatic heterocycles. The molecule has 0 radical (unpaired) electrons. The van der Waals surface area contributed by atoms with E-state index >= 15 is 0 Å². The van der Waals surface area contributed by atoms with Gasteiger partial charge in [0.2, 0.25) is 0 Å². The molecule has 5 heteroatoms. The van der Waals surface area contributed by atoms with Crippen LogP contribution in [0.5, 0.6) is 0 Å². The van der Waals surface area contributed by atoms with Crippen molar-refractivity contribution in [2.75, 3.05) is 0 Å². The van der Waals surface area contributed by atoms with E-state index in [4.69, 9.17) is 5.73 Å². The second-order valence-electron chi connectivity index (χ2n) is 3.69. The summed E-state index contributed by atoms with van der Waals surface area (Å²) >= 11 is 0. The number of carbonyl (C=O) groups is 1. The maximum absolute atomic E-state index is 11.2. The van der Waals surface area contributed by atoms with Crippen molar-refractivity contribution in [1.82, 2.24) is 15.0 Å². The van der Waals surface area contributed by atoms with Gasteiger partial charge >= 0.3 is 0 Å². The van der Waals surface area contributed by atoms with Crippen LogP contribution in [0.4, 0.5) is 0 Å². The minimum Gasteiger partial charge on any atom is -0.366 e. The van der Waals surface area contributed by atoms with Gasteiger partial charge in [-0.05, 0) is 19.1 Å². The Morgan fingerprint density at radius 1 is 1.29 bits per heavy atom. The Kier molecular flexibility index (Phi) is 3.09. The van der Waals surface area contributed by atoms with E-state index in [-0.39, 0.29) is 0 Å². The quantitative estimate of drug-likeness (QED) is 0.845. The molecule has 2 rings (SSSR count). The molecular weight excluding hydrogens is 216 g/mol. The number of aryl methyl sites for hydroxylation is 1. The fourth-order valence-corrected chi connectivity index (χ4v) is 1.49. The van der Waals surface area contributed by atoms with Crippen molar-refractivity contribution in [3.05, 3.63) is 53.4 Å². The van der Waals surface area contributed by atoms with Gasteiger partial charge in [-0.15, -0.1) is 0 Å². The Labute approximate surface area is 98.7 Å². The van der Waals surface area contributed by atoms with Crippen LogP contribution in [0.2, 0.25) is 0 Å². The Morgan fingerprint density at radius 3 is 2.76 bits per heavy atom. The Hall–Kier alpha value is -2.30. The van der Waals surface area contributed by atoms with Crippen LogP contribution in [0.3, 0.4) is 0 Å². The Balaban J connectivity index is 2.30. The predicted molar refractivity (Wildman–Crippen MR) is 62.3 cm³/mol. The van der Waals surface area contributed by atoms with Crippen LogP contribution in [-0.2, 0) is 6.42 Å². The highest BCUT2D eigenvalue weighted by Crippen LogP contribution is 2.09. The highest BCUT2D eigenvalue weighted by molar-refractivity contribution is 5.93. The second-order valence-corrected chi connectivity index (χ2v) is 3.69. The van der Waals surface area contributed by atoms with Crippen LogP contribution < -0.4 is 5.73 Å². The van der Waals surface area contributed by atoms with Gasteiger partial charge in [0.25, 0.3) is 5.91 Å². The van der Waals surface area contributed by atoms with Gasteiger partial charge in [0.15, 0.2) is 0 Å². The zero-order chi connectivity index (χ0) is 12.3. The molecule has 0 aliphatic carbocycles. The van der Waals surface area contributed by atoms with Crippen molar-refractivity contribution >= 4 is 5.91 Å². The number of nitrogens with two attached hydrogens (primary N) is 1. The van der Waals surface area contributed by atoms with Crippen molar-refractivity contribution in [2.24, 2.45) is 5.73 Å². The first-order chi connectivity index (χ1) is 8.16. The van der Waals surface area contributed by atoms with Gasteiger partial charge in [-0.25, -0.2) is 0 Å². The summed E-state index contributed by atoms with van der Waals surface area (Å²) in [7, 11) is 0. The lowest BCUT2D eigenvalue weighted by Gasteiger charge is -2.04. The van der Waals surface area contributed by atoms with E-state index in [0.717, 1.165) is 11.4 Å². The van der Waals surface area contributed by atoms with Gasteiger partial charge in [-0.1, -0.05) is 0 Å². The second kappa shape index (κ2) is 4.69. The third-order valence-electron chi connectivity index (χ3n) is 2.34. The largest absolute Gasteiger partial charge is 0.366 e. The molecule has 0 fully saturated rings. The highest BCUT2D eigenvalue weighted by Gasteiger charge is 2.09. The molecule has 0 spiro atoms. The molecule has 0 aliphatic heterocycles. The molecule has 5 nitrogen and oxygen atoms in total. The molecule has 0 saturated carbocycles. The number of pyridine rings is 1. The molecule has 0 aliphatic rings. The number of amides is 1. The van der Waals surface area contributed by atoms with Gasteiger partial charge in [0, 0.05) is 25.0 Å². The molecular formula is C12H12N4O. The monoisotopic (exact) mass is 228 g/mol. The first-order valence-corrected chi connectivity index (χ1v) is 5.18. The molecule has 0 atom stereocenters. The average Bonchev–Trinajstić information content (AvgIpc) is 2.32. The number of aromatic nitrogens is 3. The van der Waals surface area contributed by atoms with E-state index in [0.29, 0.717) is 17.7 Å². The zero-order valence-electron chi connectivity index (χ0n) is 9.42. The molecule has 1 amide bonds. The number of nitrogens with zero attached hydrogens (tertiary/aromatic N) is 3. The van der Waals surface area contributed by atoms with Crippen molar-refractivity contribution in [3.8, 4) is 0 Å². The van der Waals surface area contributed by atoms with Crippen molar-refractivity contribution in [2.45, 2.75) is 13.3 Å². The summed E-state index contributed by atoms with van der Waals surface area (Å²) in [6.07, 6.45) is 5.44. The molecule has 17 heavy (non-hydrogen) atoms. The van der Waals surface area contributed by atoms with Crippen LogP contribution in [0, 0.1) is 6.92 Å². The maximum Gasteiger partial charge on any atom is 0.250 e. The van der Waals surface area contributed by atoms with Crippen LogP contribution in [0.25, 0.3) is 0 Å². The predicted octanol–water partition coefficient (Wildman–Crippen LogP) is 0.870. The van der Waals surface area contributed by atoms with E-state index in [1.54, 1.807) is 30.7 Å². The smallest absolute Gasteiger partial charge is 0.250 e. The summed E-state index contributed by atoms with van der Waals surface area (Å²) < 4.78 is 0. The number of hydrogen-bond acceptors (Lipinski definition) is 4. The van der Waals surface area contributed by atoms with Crippen LogP contribution in [-0.4, -0.2) is 20.9 Å². The molecule has 2 aromatic rings. The van der Waals surface area contributed by atoms with E-state index < -0.39 is 5.91 Å². The van der Waals surface area contributed by atoms with E-state index in [1.165, 1.54) is 0 Å². The first-order valence-electron chi connectivity index (χ1n) is 5.18. The first kappa shape index (κ1) is 11.2. The van der Waals surface area contributed by atoms with Crippen LogP contribution in [0.15, 0.2) is 30.7 Å². The summed E-state index contributed by atoms with van der Waals surface area (Å²) in [6, 6.07) is 3.34. The standard InChI is InChI=1S/C12H12N4O/c1-8-6-16-9(7-15-8)5-11-10(12(13)17)3-2-4-14-11/h2-4,6-7H,5H2,1H3,(H2,13,17). The summed E-state index contributed by atoms with van der Waals surface area (Å²) in [6.45, 7) is 1.87. The van der Waals surface area contributed by atoms with Gasteiger partial charge in [0.1, 0.15) is 0 Å². The lowest BCUT2D eigenvalue weighted by Crippen LogP contribution is -2.15. The minimum absolute atomic E-state index is 0.426. The number of rotatable bonds is 3. The van der Waals surface area contributed by atoms with Crippen molar-refractivity contribution < 1.29 is 4.79 Å². The fourth-order valence-electron chi connectivity index (χ4n) is 1.49. The van der Waals surface area contributed by atoms with E-state index in [9.17, 15) is 4.79 Å². The molecule has 2 N–H and O–H groups in total. The SMILES string of the molecule is Cc1cnc(Cc2ncccc2C(N)=O)cn1. The molecule has 0 unspecified atom stereocenters. The Bertz CT molecular complexity index is 536. The number of carbonyl (C=O) groups excluding carboxylic acids is 1. The molecule has 2 heterocycles. The van der Waals surface area contributed by atoms with Gasteiger partial charge in [-0.2, -0.15) is 0 Å². The van der Waals surface area contributed by atoms with Crippen LogP contribution in [0.1, 0.15) is 27.4 Å². The summed E-state index contributed by atoms with van der Waals surface area (Å²) in [5.41, 5.74) is 7.94. The van der Waals surface area contributed by atoms with E-state index in [1.807, 2.05) is 6.92 Å². The summed E-state index contributed by atoms with van der Waals surface area (Å²) in [5.74, 6) is -0.479. The third-order valence-corrected chi connectivity index (χ3v) is 2.34. The lowest BCUT2D eigenvalue weighted by molar-refractivity contribution is 0.0999. The lowest BCUT2D eigenvalue weighted by atomic mass is 10.1. The molecule has 86 valence electrons. The summed E-state index contributed by atoms with van der Waals surface area (Å²) in [5, 5.41) is 0. The van der Waals surface area contributed by atoms with Gasteiger partial charge in [0.05, 0.1) is 22.6 Å². The van der Waals surface area contributed by atoms with Gasteiger partial charge < -0.3 is 5.73 Å². The fraction of sp³-hybridized carbons (Fsp3) is 0.167. The van der Waals surface area contributed by atoms with Gasteiger partial charge in [-0.3, -0.25) is 19.7 Å². The Morgan fingerprint density at radius 2 is 2.12 bits per heavy atom. The minimum atomic E-state index is -0.479. The highest BCUT2D eigenvalue weighted by atomic mass is 16.1. The topological polar surface area (TPSA) is 81.8 Å². The zero-order valence-corrected chi connectivity index (χ0v) is 9.42.